The van der Waals surface area contributed by atoms with Crippen molar-refractivity contribution in [3.63, 3.8) is 0 Å². The highest BCUT2D eigenvalue weighted by molar-refractivity contribution is 5.93. The van der Waals surface area contributed by atoms with Gasteiger partial charge in [0.15, 0.2) is 11.5 Å². The topological polar surface area (TPSA) is 68.6 Å². The number of aromatic nitrogens is 2. The first kappa shape index (κ1) is 20.7. The van der Waals surface area contributed by atoms with Crippen LogP contribution in [0.15, 0.2) is 24.3 Å². The standard InChI is InChI=1S/C23H32N4O3/c1-26-20(14-18(25-26)16-9-10-21(29-2)22(13-16)30-3)23(28)24-15-17-7-6-12-27-11-5-4-8-19(17)27/h9-10,13-14,17,19H,4-8,11-12,15H2,1-3H3,(H,24,28)/t17-,19-/m0/s1. The molecule has 0 spiro atoms. The zero-order chi connectivity index (χ0) is 21.1. The molecule has 2 fully saturated rings. The number of carbonyl (C=O) groups excluding carboxylic acids is 1. The van der Waals surface area contributed by atoms with Crippen LogP contribution >= 0.6 is 0 Å². The number of hydrogen-bond donors (Lipinski definition) is 1. The molecule has 1 N–H and O–H groups in total. The summed E-state index contributed by atoms with van der Waals surface area (Å²) in [5, 5.41) is 7.72. The number of benzene rings is 1. The van der Waals surface area contributed by atoms with Gasteiger partial charge < -0.3 is 19.7 Å². The highest BCUT2D eigenvalue weighted by Gasteiger charge is 2.33. The number of ether oxygens (including phenoxy) is 2. The summed E-state index contributed by atoms with van der Waals surface area (Å²) in [7, 11) is 5.03. The van der Waals surface area contributed by atoms with E-state index in [0.29, 0.717) is 29.2 Å². The van der Waals surface area contributed by atoms with Crippen molar-refractivity contribution in [3.05, 3.63) is 30.0 Å². The maximum absolute atomic E-state index is 12.9. The summed E-state index contributed by atoms with van der Waals surface area (Å²) in [4.78, 5) is 15.5. The fourth-order valence-electron chi connectivity index (χ4n) is 4.95. The second-order valence-electron chi connectivity index (χ2n) is 8.32. The predicted molar refractivity (Wildman–Crippen MR) is 116 cm³/mol. The summed E-state index contributed by atoms with van der Waals surface area (Å²) < 4.78 is 12.3. The van der Waals surface area contributed by atoms with E-state index in [-0.39, 0.29) is 5.91 Å². The van der Waals surface area contributed by atoms with Crippen LogP contribution in [-0.2, 0) is 7.05 Å². The lowest BCUT2D eigenvalue weighted by atomic mass is 9.83. The summed E-state index contributed by atoms with van der Waals surface area (Å²) in [6.07, 6.45) is 6.30. The second-order valence-corrected chi connectivity index (χ2v) is 8.32. The Morgan fingerprint density at radius 3 is 2.70 bits per heavy atom. The number of methoxy groups -OCH3 is 2. The smallest absolute Gasteiger partial charge is 0.269 e. The van der Waals surface area contributed by atoms with Crippen molar-refractivity contribution in [3.8, 4) is 22.8 Å². The van der Waals surface area contributed by atoms with Gasteiger partial charge in [-0.15, -0.1) is 0 Å². The van der Waals surface area contributed by atoms with Crippen LogP contribution in [0.1, 0.15) is 42.6 Å². The SMILES string of the molecule is COc1ccc(-c2cc(C(=O)NC[C@@H]3CCCN4CCCC[C@@H]34)n(C)n2)cc1OC. The highest BCUT2D eigenvalue weighted by atomic mass is 16.5. The zero-order valence-electron chi connectivity index (χ0n) is 18.2. The minimum absolute atomic E-state index is 0.0651. The first-order valence-electron chi connectivity index (χ1n) is 10.9. The van der Waals surface area contributed by atoms with E-state index in [1.54, 1.807) is 18.9 Å². The number of aryl methyl sites for hydroxylation is 1. The Kier molecular flexibility index (Phi) is 6.27. The molecule has 2 aliphatic rings. The van der Waals surface area contributed by atoms with Crippen LogP contribution in [0.3, 0.4) is 0 Å². The molecular weight excluding hydrogens is 380 g/mol. The molecule has 1 aromatic heterocycles. The first-order chi connectivity index (χ1) is 14.6. The number of carbonyl (C=O) groups is 1. The second kappa shape index (κ2) is 9.08. The van der Waals surface area contributed by atoms with Crippen molar-refractivity contribution >= 4 is 5.91 Å². The molecule has 7 nitrogen and oxygen atoms in total. The van der Waals surface area contributed by atoms with Gasteiger partial charge in [-0.25, -0.2) is 0 Å². The van der Waals surface area contributed by atoms with Crippen LogP contribution in [0.2, 0.25) is 0 Å². The van der Waals surface area contributed by atoms with Crippen molar-refractivity contribution in [2.45, 2.75) is 38.1 Å². The molecule has 2 saturated heterocycles. The summed E-state index contributed by atoms with van der Waals surface area (Å²) in [6.45, 7) is 3.16. The molecular formula is C23H32N4O3. The van der Waals surface area contributed by atoms with Crippen LogP contribution in [0.25, 0.3) is 11.3 Å². The molecule has 162 valence electrons. The molecule has 0 unspecified atom stereocenters. The van der Waals surface area contributed by atoms with E-state index in [9.17, 15) is 4.79 Å². The molecule has 1 amide bonds. The van der Waals surface area contributed by atoms with E-state index < -0.39 is 0 Å². The molecule has 3 heterocycles. The molecule has 4 rings (SSSR count). The summed E-state index contributed by atoms with van der Waals surface area (Å²) in [5.74, 6) is 1.78. The molecule has 0 saturated carbocycles. The Hall–Kier alpha value is -2.54. The number of amides is 1. The molecule has 2 aromatic rings. The van der Waals surface area contributed by atoms with E-state index in [4.69, 9.17) is 9.47 Å². The Labute approximate surface area is 178 Å². The largest absolute Gasteiger partial charge is 0.493 e. The average molecular weight is 413 g/mol. The van der Waals surface area contributed by atoms with Gasteiger partial charge in [-0.1, -0.05) is 6.42 Å². The first-order valence-corrected chi connectivity index (χ1v) is 10.9. The Morgan fingerprint density at radius 2 is 1.90 bits per heavy atom. The minimum atomic E-state index is -0.0651. The lowest BCUT2D eigenvalue weighted by Gasteiger charge is -2.44. The molecule has 2 aliphatic heterocycles. The minimum Gasteiger partial charge on any atom is -0.493 e. The van der Waals surface area contributed by atoms with Crippen molar-refractivity contribution in [1.82, 2.24) is 20.0 Å². The average Bonchev–Trinajstić information content (AvgIpc) is 3.18. The Morgan fingerprint density at radius 1 is 1.10 bits per heavy atom. The molecule has 7 heteroatoms. The van der Waals surface area contributed by atoms with Crippen molar-refractivity contribution in [1.29, 1.82) is 0 Å². The van der Waals surface area contributed by atoms with E-state index in [2.05, 4.69) is 15.3 Å². The van der Waals surface area contributed by atoms with E-state index in [0.717, 1.165) is 17.8 Å². The van der Waals surface area contributed by atoms with Gasteiger partial charge in [-0.05, 0) is 69.0 Å². The van der Waals surface area contributed by atoms with Gasteiger partial charge in [0.25, 0.3) is 5.91 Å². The van der Waals surface area contributed by atoms with Crippen LogP contribution in [0.5, 0.6) is 11.5 Å². The van der Waals surface area contributed by atoms with E-state index in [1.165, 1.54) is 45.2 Å². The number of rotatable bonds is 6. The molecule has 30 heavy (non-hydrogen) atoms. The fraction of sp³-hybridized carbons (Fsp3) is 0.565. The van der Waals surface area contributed by atoms with E-state index >= 15 is 0 Å². The number of hydrogen-bond acceptors (Lipinski definition) is 5. The van der Waals surface area contributed by atoms with Crippen molar-refractivity contribution < 1.29 is 14.3 Å². The third-order valence-corrected chi connectivity index (χ3v) is 6.55. The van der Waals surface area contributed by atoms with Crippen LogP contribution < -0.4 is 14.8 Å². The maximum Gasteiger partial charge on any atom is 0.269 e. The molecule has 0 aliphatic carbocycles. The van der Waals surface area contributed by atoms with Crippen LogP contribution in [-0.4, -0.2) is 60.5 Å². The number of nitrogens with zero attached hydrogens (tertiary/aromatic N) is 3. The lowest BCUT2D eigenvalue weighted by molar-refractivity contribution is 0.0574. The normalized spacial score (nSPS) is 21.7. The predicted octanol–water partition coefficient (Wildman–Crippen LogP) is 3.10. The van der Waals surface area contributed by atoms with Gasteiger partial charge in [-0.2, -0.15) is 5.10 Å². The van der Waals surface area contributed by atoms with E-state index in [1.807, 2.05) is 31.3 Å². The quantitative estimate of drug-likeness (QED) is 0.790. The summed E-state index contributed by atoms with van der Waals surface area (Å²) in [6, 6.07) is 8.11. The molecule has 0 radical (unpaired) electrons. The third kappa shape index (κ3) is 4.17. The number of piperidine rings is 2. The summed E-state index contributed by atoms with van der Waals surface area (Å²) in [5.41, 5.74) is 2.18. The van der Waals surface area contributed by atoms with Gasteiger partial charge >= 0.3 is 0 Å². The van der Waals surface area contributed by atoms with Crippen molar-refractivity contribution in [2.75, 3.05) is 33.9 Å². The van der Waals surface area contributed by atoms with Crippen molar-refractivity contribution in [2.24, 2.45) is 13.0 Å². The summed E-state index contributed by atoms with van der Waals surface area (Å²) >= 11 is 0. The lowest BCUT2D eigenvalue weighted by Crippen LogP contribution is -2.51. The van der Waals surface area contributed by atoms with Gasteiger partial charge in [-0.3, -0.25) is 9.48 Å². The Balaban J connectivity index is 1.44. The van der Waals surface area contributed by atoms with Gasteiger partial charge in [0.05, 0.1) is 19.9 Å². The third-order valence-electron chi connectivity index (χ3n) is 6.55. The van der Waals surface area contributed by atoms with Gasteiger partial charge in [0.1, 0.15) is 5.69 Å². The molecule has 1 aromatic carbocycles. The van der Waals surface area contributed by atoms with Gasteiger partial charge in [0, 0.05) is 25.2 Å². The van der Waals surface area contributed by atoms with Crippen LogP contribution in [0, 0.1) is 5.92 Å². The monoisotopic (exact) mass is 412 g/mol. The highest BCUT2D eigenvalue weighted by Crippen LogP contribution is 2.32. The fourth-order valence-corrected chi connectivity index (χ4v) is 4.95. The van der Waals surface area contributed by atoms with Crippen LogP contribution in [0.4, 0.5) is 0 Å². The molecule has 0 bridgehead atoms. The number of nitrogens with one attached hydrogen (secondary N) is 1. The Bertz CT molecular complexity index is 893. The zero-order valence-corrected chi connectivity index (χ0v) is 18.2. The van der Waals surface area contributed by atoms with Gasteiger partial charge in [0.2, 0.25) is 0 Å². The molecule has 2 atom stereocenters. The maximum atomic E-state index is 12.9. The number of fused-ring (bicyclic) bond motifs is 1.